The van der Waals surface area contributed by atoms with Crippen molar-refractivity contribution in [1.29, 1.82) is 5.26 Å². The van der Waals surface area contributed by atoms with Crippen LogP contribution in [0.15, 0.2) is 33.5 Å². The zero-order valence-corrected chi connectivity index (χ0v) is 8.93. The molecule has 5 heteroatoms. The Kier molecular flexibility index (Phi) is 2.82. The van der Waals surface area contributed by atoms with Gasteiger partial charge in [0, 0.05) is 17.6 Å². The fourth-order valence-corrected chi connectivity index (χ4v) is 1.44. The van der Waals surface area contributed by atoms with Crippen molar-refractivity contribution in [2.75, 3.05) is 0 Å². The van der Waals surface area contributed by atoms with Gasteiger partial charge in [0.15, 0.2) is 11.5 Å². The molecule has 0 atom stereocenters. The second kappa shape index (κ2) is 4.44. The highest BCUT2D eigenvalue weighted by atomic mass is 16.4. The minimum atomic E-state index is -1.30. The molecule has 0 fully saturated rings. The van der Waals surface area contributed by atoms with Gasteiger partial charge in [0.2, 0.25) is 5.76 Å². The van der Waals surface area contributed by atoms with Crippen LogP contribution in [0.3, 0.4) is 0 Å². The second-order valence-corrected chi connectivity index (χ2v) is 3.35. The number of carboxylic acid groups (broad SMARTS) is 1. The van der Waals surface area contributed by atoms with Gasteiger partial charge in [0.05, 0.1) is 5.39 Å². The van der Waals surface area contributed by atoms with Gasteiger partial charge in [0.1, 0.15) is 5.58 Å². The van der Waals surface area contributed by atoms with Crippen molar-refractivity contribution in [3.8, 4) is 17.9 Å². The van der Waals surface area contributed by atoms with Gasteiger partial charge in [-0.3, -0.25) is 4.79 Å². The van der Waals surface area contributed by atoms with E-state index in [1.807, 2.05) is 0 Å². The smallest absolute Gasteiger partial charge is 0.371 e. The van der Waals surface area contributed by atoms with Crippen LogP contribution >= 0.6 is 0 Å². The molecule has 18 heavy (non-hydrogen) atoms. The average Bonchev–Trinajstić information content (AvgIpc) is 2.36. The number of carbonyl (C=O) groups is 1. The number of nitrogens with zero attached hydrogens (tertiary/aromatic N) is 1. The van der Waals surface area contributed by atoms with Crippen LogP contribution < -0.4 is 5.43 Å². The molecule has 86 valence electrons. The summed E-state index contributed by atoms with van der Waals surface area (Å²) in [7, 11) is 0. The lowest BCUT2D eigenvalue weighted by atomic mass is 10.1. The largest absolute Gasteiger partial charge is 0.475 e. The number of rotatable bonds is 1. The Morgan fingerprint density at radius 1 is 1.33 bits per heavy atom. The molecule has 0 radical (unpaired) electrons. The predicted octanol–water partition coefficient (Wildman–Crippen LogP) is 1.37. The van der Waals surface area contributed by atoms with Crippen molar-refractivity contribution in [3.05, 3.63) is 45.8 Å². The summed E-state index contributed by atoms with van der Waals surface area (Å²) in [5.41, 5.74) is 0.191. The van der Waals surface area contributed by atoms with E-state index in [0.717, 1.165) is 6.07 Å². The molecule has 5 nitrogen and oxygen atoms in total. The van der Waals surface area contributed by atoms with Crippen LogP contribution in [0, 0.1) is 23.2 Å². The van der Waals surface area contributed by atoms with Crippen LogP contribution in [-0.4, -0.2) is 11.1 Å². The van der Waals surface area contributed by atoms with Crippen molar-refractivity contribution in [3.63, 3.8) is 0 Å². The predicted molar refractivity (Wildman–Crippen MR) is 61.9 cm³/mol. The van der Waals surface area contributed by atoms with E-state index in [2.05, 4.69) is 11.8 Å². The molecule has 0 unspecified atom stereocenters. The molecule has 0 bridgehead atoms. The molecule has 1 aromatic heterocycles. The zero-order chi connectivity index (χ0) is 13.1. The number of hydrogen-bond acceptors (Lipinski definition) is 4. The quantitative estimate of drug-likeness (QED) is 0.758. The molecule has 2 aromatic rings. The fraction of sp³-hybridized carbons (Fsp3) is 0. The lowest BCUT2D eigenvalue weighted by Crippen LogP contribution is -2.06. The highest BCUT2D eigenvalue weighted by Gasteiger charge is 2.10. The third-order valence-corrected chi connectivity index (χ3v) is 2.20. The van der Waals surface area contributed by atoms with Crippen molar-refractivity contribution in [2.45, 2.75) is 0 Å². The van der Waals surface area contributed by atoms with Gasteiger partial charge in [-0.05, 0) is 18.2 Å². The third kappa shape index (κ3) is 2.06. The molecule has 2 rings (SSSR count). The van der Waals surface area contributed by atoms with Crippen LogP contribution in [0.4, 0.5) is 0 Å². The first kappa shape index (κ1) is 11.4. The first-order valence-electron chi connectivity index (χ1n) is 4.83. The molecule has 0 spiro atoms. The van der Waals surface area contributed by atoms with Crippen LogP contribution in [0.2, 0.25) is 0 Å². The summed E-state index contributed by atoms with van der Waals surface area (Å²) < 4.78 is 5.05. The molecular weight excluding hydrogens is 234 g/mol. The molecule has 0 amide bonds. The van der Waals surface area contributed by atoms with E-state index in [1.165, 1.54) is 12.1 Å². The normalized spacial score (nSPS) is 9.28. The van der Waals surface area contributed by atoms with Crippen molar-refractivity contribution >= 4 is 16.9 Å². The van der Waals surface area contributed by atoms with Crippen molar-refractivity contribution < 1.29 is 14.3 Å². The number of carboxylic acids is 1. The van der Waals surface area contributed by atoms with Crippen LogP contribution in [0.25, 0.3) is 11.0 Å². The van der Waals surface area contributed by atoms with Crippen molar-refractivity contribution in [1.82, 2.24) is 0 Å². The average molecular weight is 239 g/mol. The maximum atomic E-state index is 11.7. The molecule has 0 aliphatic heterocycles. The number of fused-ring (bicyclic) bond motifs is 1. The number of nitriles is 1. The molecule has 1 heterocycles. The topological polar surface area (TPSA) is 91.3 Å². The Morgan fingerprint density at radius 2 is 2.11 bits per heavy atom. The maximum absolute atomic E-state index is 11.7. The minimum absolute atomic E-state index is 0.169. The molecule has 1 aromatic carbocycles. The Bertz CT molecular complexity index is 800. The molecule has 0 aliphatic rings. The number of benzene rings is 1. The summed E-state index contributed by atoms with van der Waals surface area (Å²) in [6.07, 6.45) is 0. The van der Waals surface area contributed by atoms with E-state index in [0.29, 0.717) is 5.56 Å². The molecule has 0 saturated carbocycles. The maximum Gasteiger partial charge on any atom is 0.371 e. The summed E-state index contributed by atoms with van der Waals surface area (Å²) in [6.45, 7) is 0. The van der Waals surface area contributed by atoms with Gasteiger partial charge in [0.25, 0.3) is 0 Å². The molecule has 1 N–H and O–H groups in total. The van der Waals surface area contributed by atoms with Gasteiger partial charge < -0.3 is 9.52 Å². The van der Waals surface area contributed by atoms with Gasteiger partial charge >= 0.3 is 5.97 Å². The second-order valence-electron chi connectivity index (χ2n) is 3.35. The summed E-state index contributed by atoms with van der Waals surface area (Å²) in [5.74, 6) is 3.03. The van der Waals surface area contributed by atoms with Gasteiger partial charge in [-0.15, -0.1) is 0 Å². The fourth-order valence-electron chi connectivity index (χ4n) is 1.44. The van der Waals surface area contributed by atoms with E-state index in [9.17, 15) is 9.59 Å². The van der Waals surface area contributed by atoms with Crippen molar-refractivity contribution in [2.24, 2.45) is 0 Å². The van der Waals surface area contributed by atoms with Crippen LogP contribution in [0.1, 0.15) is 16.1 Å². The zero-order valence-electron chi connectivity index (χ0n) is 8.93. The van der Waals surface area contributed by atoms with Crippen LogP contribution in [0.5, 0.6) is 0 Å². The monoisotopic (exact) mass is 239 g/mol. The standard InChI is InChI=1S/C13H5NO4/c14-5-1-2-8-3-4-11-9(6-8)10(15)7-12(18-11)13(16)17/h3-4,6-7H,(H,16,17). The van der Waals surface area contributed by atoms with Crippen LogP contribution in [-0.2, 0) is 0 Å². The van der Waals surface area contributed by atoms with E-state index in [4.69, 9.17) is 14.8 Å². The first-order valence-corrected chi connectivity index (χ1v) is 4.83. The van der Waals surface area contributed by atoms with E-state index in [-0.39, 0.29) is 11.0 Å². The Hall–Kier alpha value is -3.05. The lowest BCUT2D eigenvalue weighted by molar-refractivity contribution is 0.0663. The molecule has 0 aliphatic carbocycles. The minimum Gasteiger partial charge on any atom is -0.475 e. The Labute approximate surface area is 101 Å². The summed E-state index contributed by atoms with van der Waals surface area (Å²) in [4.78, 5) is 22.4. The van der Waals surface area contributed by atoms with E-state index >= 15 is 0 Å². The Balaban J connectivity index is 2.70. The first-order chi connectivity index (χ1) is 8.61. The van der Waals surface area contributed by atoms with E-state index < -0.39 is 17.2 Å². The number of aromatic carboxylic acids is 1. The van der Waals surface area contributed by atoms with Gasteiger partial charge in [-0.2, -0.15) is 5.26 Å². The van der Waals surface area contributed by atoms with Gasteiger partial charge in [-0.25, -0.2) is 4.79 Å². The third-order valence-electron chi connectivity index (χ3n) is 2.20. The highest BCUT2D eigenvalue weighted by Crippen LogP contribution is 2.14. The highest BCUT2D eigenvalue weighted by molar-refractivity contribution is 5.87. The Morgan fingerprint density at radius 3 is 2.78 bits per heavy atom. The number of hydrogen-bond donors (Lipinski definition) is 1. The van der Waals surface area contributed by atoms with E-state index in [1.54, 1.807) is 12.1 Å². The summed E-state index contributed by atoms with van der Waals surface area (Å²) in [5, 5.41) is 17.3. The lowest BCUT2D eigenvalue weighted by Gasteiger charge is -1.99. The van der Waals surface area contributed by atoms with Gasteiger partial charge in [-0.1, -0.05) is 5.92 Å². The summed E-state index contributed by atoms with van der Waals surface area (Å²) in [6, 6.07) is 7.02. The SMILES string of the molecule is N#CC#Cc1ccc2oc(C(=O)O)cc(=O)c2c1. The summed E-state index contributed by atoms with van der Waals surface area (Å²) >= 11 is 0. The molecule has 0 saturated heterocycles. The molecular formula is C13H5NO4.